The predicted molar refractivity (Wildman–Crippen MR) is 72.8 cm³/mol. The summed E-state index contributed by atoms with van der Waals surface area (Å²) in [5.41, 5.74) is 1.06. The largest absolute Gasteiger partial charge is 0.465 e. The van der Waals surface area contributed by atoms with E-state index in [4.69, 9.17) is 10.00 Å². The van der Waals surface area contributed by atoms with Crippen LogP contribution >= 0.6 is 11.8 Å². The Balaban J connectivity index is 2.63. The third kappa shape index (κ3) is 4.87. The highest BCUT2D eigenvalue weighted by Crippen LogP contribution is 2.22. The van der Waals surface area contributed by atoms with E-state index in [2.05, 4.69) is 16.0 Å². The molecule has 0 unspecified atom stereocenters. The van der Waals surface area contributed by atoms with Gasteiger partial charge in [-0.25, -0.2) is 9.97 Å². The van der Waals surface area contributed by atoms with Crippen molar-refractivity contribution in [2.24, 2.45) is 0 Å². The minimum absolute atomic E-state index is 0.161. The van der Waals surface area contributed by atoms with Gasteiger partial charge in [-0.3, -0.25) is 4.79 Å². The number of rotatable bonds is 6. The van der Waals surface area contributed by atoms with Gasteiger partial charge in [0.2, 0.25) is 0 Å². The van der Waals surface area contributed by atoms with Gasteiger partial charge in [-0.05, 0) is 20.3 Å². The number of hydrogen-bond donors (Lipinski definition) is 0. The van der Waals surface area contributed by atoms with Crippen LogP contribution in [0.5, 0.6) is 0 Å². The van der Waals surface area contributed by atoms with E-state index in [1.165, 1.54) is 11.8 Å². The number of nitriles is 1. The number of nitrogens with zero attached hydrogens (tertiary/aromatic N) is 3. The molecule has 5 nitrogen and oxygen atoms in total. The summed E-state index contributed by atoms with van der Waals surface area (Å²) in [4.78, 5) is 19.8. The van der Waals surface area contributed by atoms with Crippen molar-refractivity contribution < 1.29 is 9.53 Å². The Morgan fingerprint density at radius 3 is 2.79 bits per heavy atom. The SMILES string of the molecule is CCCCOC(=O)CSc1nc(C)nc(C)c1C#N. The second kappa shape index (κ2) is 7.74. The monoisotopic (exact) mass is 279 g/mol. The highest BCUT2D eigenvalue weighted by Gasteiger charge is 2.12. The summed E-state index contributed by atoms with van der Waals surface area (Å²) >= 11 is 1.22. The third-order valence-electron chi connectivity index (χ3n) is 2.37. The van der Waals surface area contributed by atoms with Crippen LogP contribution in [-0.4, -0.2) is 28.3 Å². The van der Waals surface area contributed by atoms with Crippen LogP contribution < -0.4 is 0 Å². The molecule has 0 aliphatic heterocycles. The quantitative estimate of drug-likeness (QED) is 0.344. The Hall–Kier alpha value is -1.61. The van der Waals surface area contributed by atoms with Crippen LogP contribution in [0, 0.1) is 25.2 Å². The van der Waals surface area contributed by atoms with Crippen molar-refractivity contribution in [2.75, 3.05) is 12.4 Å². The van der Waals surface area contributed by atoms with Crippen molar-refractivity contribution in [1.29, 1.82) is 5.26 Å². The highest BCUT2D eigenvalue weighted by molar-refractivity contribution is 7.99. The molecule has 0 saturated heterocycles. The number of unbranched alkanes of at least 4 members (excludes halogenated alkanes) is 1. The van der Waals surface area contributed by atoms with Crippen molar-refractivity contribution in [3.63, 3.8) is 0 Å². The molecule has 0 fully saturated rings. The van der Waals surface area contributed by atoms with E-state index in [0.29, 0.717) is 28.7 Å². The first-order valence-electron chi connectivity index (χ1n) is 6.12. The number of carbonyl (C=O) groups excluding carboxylic acids is 1. The average Bonchev–Trinajstić information content (AvgIpc) is 2.36. The number of aryl methyl sites for hydroxylation is 2. The van der Waals surface area contributed by atoms with Gasteiger partial charge in [0.25, 0.3) is 0 Å². The van der Waals surface area contributed by atoms with Gasteiger partial charge in [0.05, 0.1) is 18.1 Å². The Kier molecular flexibility index (Phi) is 6.30. The van der Waals surface area contributed by atoms with Crippen molar-refractivity contribution in [3.05, 3.63) is 17.1 Å². The molecule has 0 aliphatic rings. The molecule has 1 aromatic heterocycles. The van der Waals surface area contributed by atoms with Crippen LogP contribution in [0.3, 0.4) is 0 Å². The van der Waals surface area contributed by atoms with Crippen LogP contribution in [0.2, 0.25) is 0 Å². The van der Waals surface area contributed by atoms with Gasteiger partial charge >= 0.3 is 5.97 Å². The fourth-order valence-corrected chi connectivity index (χ4v) is 2.29. The number of hydrogen-bond acceptors (Lipinski definition) is 6. The molecule has 1 aromatic rings. The third-order valence-corrected chi connectivity index (χ3v) is 3.32. The summed E-state index contributed by atoms with van der Waals surface area (Å²) in [5.74, 6) is 0.475. The lowest BCUT2D eigenvalue weighted by atomic mass is 10.3. The van der Waals surface area contributed by atoms with Gasteiger partial charge in [-0.1, -0.05) is 25.1 Å². The molecule has 102 valence electrons. The number of thioether (sulfide) groups is 1. The first-order chi connectivity index (χ1) is 9.08. The second-order valence-electron chi connectivity index (χ2n) is 4.01. The minimum Gasteiger partial charge on any atom is -0.465 e. The zero-order chi connectivity index (χ0) is 14.3. The van der Waals surface area contributed by atoms with E-state index in [9.17, 15) is 4.79 Å². The molecular formula is C13H17N3O2S. The molecule has 0 aromatic carbocycles. The van der Waals surface area contributed by atoms with Crippen molar-refractivity contribution in [3.8, 4) is 6.07 Å². The number of carbonyl (C=O) groups is 1. The summed E-state index contributed by atoms with van der Waals surface area (Å²) < 4.78 is 5.05. The first kappa shape index (κ1) is 15.4. The summed E-state index contributed by atoms with van der Waals surface area (Å²) in [6, 6.07) is 2.07. The standard InChI is InChI=1S/C13H17N3O2S/c1-4-5-6-18-12(17)8-19-13-11(7-14)9(2)15-10(3)16-13/h4-6,8H2,1-3H3. The molecule has 1 heterocycles. The summed E-state index contributed by atoms with van der Waals surface area (Å²) in [6.07, 6.45) is 1.86. The summed E-state index contributed by atoms with van der Waals surface area (Å²) in [6.45, 7) is 6.01. The van der Waals surface area contributed by atoms with Gasteiger partial charge in [0.1, 0.15) is 22.5 Å². The number of ether oxygens (including phenoxy) is 1. The van der Waals surface area contributed by atoms with E-state index in [0.717, 1.165) is 12.8 Å². The molecule has 19 heavy (non-hydrogen) atoms. The van der Waals surface area contributed by atoms with E-state index >= 15 is 0 Å². The predicted octanol–water partition coefficient (Wildman–Crippen LogP) is 2.40. The van der Waals surface area contributed by atoms with Crippen molar-refractivity contribution in [1.82, 2.24) is 9.97 Å². The van der Waals surface area contributed by atoms with Gasteiger partial charge in [-0.15, -0.1) is 0 Å². The topological polar surface area (TPSA) is 75.9 Å². The zero-order valence-electron chi connectivity index (χ0n) is 11.4. The molecule has 0 bridgehead atoms. The van der Waals surface area contributed by atoms with Crippen LogP contribution in [0.15, 0.2) is 5.03 Å². The van der Waals surface area contributed by atoms with E-state index in [1.807, 2.05) is 6.92 Å². The van der Waals surface area contributed by atoms with E-state index < -0.39 is 0 Å². The van der Waals surface area contributed by atoms with Crippen LogP contribution in [0.1, 0.15) is 36.8 Å². The van der Waals surface area contributed by atoms with Gasteiger partial charge < -0.3 is 4.74 Å². The fourth-order valence-electron chi connectivity index (χ4n) is 1.41. The van der Waals surface area contributed by atoms with Gasteiger partial charge in [0.15, 0.2) is 0 Å². The second-order valence-corrected chi connectivity index (χ2v) is 4.97. The Morgan fingerprint density at radius 1 is 1.42 bits per heavy atom. The summed E-state index contributed by atoms with van der Waals surface area (Å²) in [7, 11) is 0. The number of aromatic nitrogens is 2. The molecular weight excluding hydrogens is 262 g/mol. The lowest BCUT2D eigenvalue weighted by molar-refractivity contribution is -0.140. The molecule has 0 amide bonds. The van der Waals surface area contributed by atoms with E-state index in [1.54, 1.807) is 13.8 Å². The number of esters is 1. The normalized spacial score (nSPS) is 10.0. The molecule has 0 spiro atoms. The maximum atomic E-state index is 11.5. The first-order valence-corrected chi connectivity index (χ1v) is 7.10. The maximum Gasteiger partial charge on any atom is 0.316 e. The van der Waals surface area contributed by atoms with E-state index in [-0.39, 0.29) is 11.7 Å². The van der Waals surface area contributed by atoms with Crippen molar-refractivity contribution >= 4 is 17.7 Å². The fraction of sp³-hybridized carbons (Fsp3) is 0.538. The molecule has 6 heteroatoms. The molecule has 0 N–H and O–H groups in total. The van der Waals surface area contributed by atoms with Crippen LogP contribution in [0.4, 0.5) is 0 Å². The minimum atomic E-state index is -0.281. The van der Waals surface area contributed by atoms with Gasteiger partial charge in [0, 0.05) is 0 Å². The Morgan fingerprint density at radius 2 is 2.16 bits per heavy atom. The lowest BCUT2D eigenvalue weighted by Crippen LogP contribution is -2.09. The van der Waals surface area contributed by atoms with Crippen LogP contribution in [-0.2, 0) is 9.53 Å². The maximum absolute atomic E-state index is 11.5. The molecule has 0 radical (unpaired) electrons. The molecule has 0 aliphatic carbocycles. The van der Waals surface area contributed by atoms with Crippen LogP contribution in [0.25, 0.3) is 0 Å². The zero-order valence-corrected chi connectivity index (χ0v) is 12.2. The average molecular weight is 279 g/mol. The highest BCUT2D eigenvalue weighted by atomic mass is 32.2. The van der Waals surface area contributed by atoms with Crippen molar-refractivity contribution in [2.45, 2.75) is 38.6 Å². The Bertz CT molecular complexity index is 497. The molecule has 1 rings (SSSR count). The molecule has 0 atom stereocenters. The smallest absolute Gasteiger partial charge is 0.316 e. The molecule has 0 saturated carbocycles. The van der Waals surface area contributed by atoms with Gasteiger partial charge in [-0.2, -0.15) is 5.26 Å². The Labute approximate surface area is 117 Å². The lowest BCUT2D eigenvalue weighted by Gasteiger charge is -2.06. The summed E-state index contributed by atoms with van der Waals surface area (Å²) in [5, 5.41) is 9.61.